The van der Waals surface area contributed by atoms with E-state index >= 15 is 0 Å². The number of thioether (sulfide) groups is 1. The molecular weight excluding hydrogens is 436 g/mol. The Morgan fingerprint density at radius 2 is 2.03 bits per heavy atom. The number of aromatic nitrogens is 3. The van der Waals surface area contributed by atoms with E-state index in [4.69, 9.17) is 4.74 Å². The molecule has 0 saturated carbocycles. The van der Waals surface area contributed by atoms with Crippen molar-refractivity contribution < 1.29 is 14.3 Å². The fourth-order valence-corrected chi connectivity index (χ4v) is 4.52. The van der Waals surface area contributed by atoms with Gasteiger partial charge >= 0.3 is 0 Å². The molecule has 170 valence electrons. The minimum atomic E-state index is -0.00925. The van der Waals surface area contributed by atoms with Gasteiger partial charge in [-0.1, -0.05) is 30.0 Å². The average Bonchev–Trinajstić information content (AvgIpc) is 3.42. The van der Waals surface area contributed by atoms with Gasteiger partial charge in [0.2, 0.25) is 5.91 Å². The monoisotopic (exact) mass is 462 g/mol. The highest BCUT2D eigenvalue weighted by Gasteiger charge is 2.22. The number of hydrogen-bond acceptors (Lipinski definition) is 6. The maximum atomic E-state index is 12.7. The zero-order valence-corrected chi connectivity index (χ0v) is 19.4. The molecular formula is C25H26N4O3S. The first-order valence-electron chi connectivity index (χ1n) is 10.8. The van der Waals surface area contributed by atoms with Gasteiger partial charge in [-0.25, -0.2) is 0 Å². The molecule has 4 rings (SSSR count). The summed E-state index contributed by atoms with van der Waals surface area (Å²) in [5, 5.41) is 9.16. The molecule has 0 bridgehead atoms. The molecule has 7 nitrogen and oxygen atoms in total. The fourth-order valence-electron chi connectivity index (χ4n) is 3.66. The number of aryl methyl sites for hydroxylation is 1. The first-order valence-corrected chi connectivity index (χ1v) is 11.8. The minimum Gasteiger partial charge on any atom is -0.486 e. The zero-order chi connectivity index (χ0) is 23.2. The van der Waals surface area contributed by atoms with Crippen LogP contribution in [0.5, 0.6) is 5.75 Å². The summed E-state index contributed by atoms with van der Waals surface area (Å²) in [5.41, 5.74) is 2.57. The SMILES string of the molecule is C=CCn1c(COc2cccc(C)c2)nnc1SCC(=O)c1ccc(N2CCCC2=O)cc1. The number of anilines is 1. The number of ether oxygens (including phenoxy) is 1. The first kappa shape index (κ1) is 22.8. The van der Waals surface area contributed by atoms with Crippen LogP contribution in [-0.2, 0) is 17.9 Å². The van der Waals surface area contributed by atoms with E-state index in [1.165, 1.54) is 11.8 Å². The Labute approximate surface area is 197 Å². The van der Waals surface area contributed by atoms with Crippen molar-refractivity contribution in [2.24, 2.45) is 0 Å². The van der Waals surface area contributed by atoms with Gasteiger partial charge in [0.25, 0.3) is 0 Å². The molecule has 0 N–H and O–H groups in total. The van der Waals surface area contributed by atoms with Crippen molar-refractivity contribution >= 4 is 29.1 Å². The van der Waals surface area contributed by atoms with Crippen LogP contribution in [0.25, 0.3) is 0 Å². The van der Waals surface area contributed by atoms with Crippen LogP contribution in [0.2, 0.25) is 0 Å². The van der Waals surface area contributed by atoms with E-state index in [0.717, 1.165) is 30.0 Å². The molecule has 0 aliphatic carbocycles. The second-order valence-corrected chi connectivity index (χ2v) is 8.75. The molecule has 0 spiro atoms. The van der Waals surface area contributed by atoms with Crippen LogP contribution >= 0.6 is 11.8 Å². The molecule has 3 aromatic rings. The lowest BCUT2D eigenvalue weighted by atomic mass is 10.1. The fraction of sp³-hybridized carbons (Fsp3) is 0.280. The normalized spacial score (nSPS) is 13.4. The number of Topliss-reactive ketones (excluding diaryl/α,β-unsaturated/α-hetero) is 1. The summed E-state index contributed by atoms with van der Waals surface area (Å²) in [6, 6.07) is 15.1. The number of benzene rings is 2. The Balaban J connectivity index is 1.38. The van der Waals surface area contributed by atoms with Crippen molar-refractivity contribution in [2.45, 2.75) is 38.1 Å². The number of amides is 1. The van der Waals surface area contributed by atoms with Crippen molar-refractivity contribution in [1.29, 1.82) is 0 Å². The van der Waals surface area contributed by atoms with Crippen LogP contribution in [0.4, 0.5) is 5.69 Å². The van der Waals surface area contributed by atoms with Gasteiger partial charge in [0, 0.05) is 30.8 Å². The topological polar surface area (TPSA) is 77.3 Å². The van der Waals surface area contributed by atoms with E-state index in [9.17, 15) is 9.59 Å². The Bertz CT molecular complexity index is 1160. The van der Waals surface area contributed by atoms with Crippen molar-refractivity contribution in [3.05, 3.63) is 78.1 Å². The van der Waals surface area contributed by atoms with Crippen LogP contribution < -0.4 is 9.64 Å². The summed E-state index contributed by atoms with van der Waals surface area (Å²) >= 11 is 1.34. The molecule has 1 aliphatic rings. The van der Waals surface area contributed by atoms with E-state index in [1.807, 2.05) is 47.9 Å². The minimum absolute atomic E-state index is 0.00925. The maximum absolute atomic E-state index is 12.7. The van der Waals surface area contributed by atoms with E-state index in [2.05, 4.69) is 16.8 Å². The molecule has 1 amide bonds. The smallest absolute Gasteiger partial charge is 0.227 e. The van der Waals surface area contributed by atoms with E-state index in [1.54, 1.807) is 23.1 Å². The molecule has 1 aliphatic heterocycles. The highest BCUT2D eigenvalue weighted by molar-refractivity contribution is 7.99. The summed E-state index contributed by atoms with van der Waals surface area (Å²) in [6.07, 6.45) is 3.23. The third-order valence-corrected chi connectivity index (χ3v) is 6.34. The third-order valence-electron chi connectivity index (χ3n) is 5.37. The molecule has 2 heterocycles. The van der Waals surface area contributed by atoms with Gasteiger partial charge in [0.15, 0.2) is 16.8 Å². The van der Waals surface area contributed by atoms with Gasteiger partial charge in [0.1, 0.15) is 12.4 Å². The van der Waals surface area contributed by atoms with Crippen LogP contribution in [0.3, 0.4) is 0 Å². The first-order chi connectivity index (χ1) is 16.0. The average molecular weight is 463 g/mol. The van der Waals surface area contributed by atoms with Crippen molar-refractivity contribution in [3.63, 3.8) is 0 Å². The summed E-state index contributed by atoms with van der Waals surface area (Å²) in [7, 11) is 0. The second-order valence-electron chi connectivity index (χ2n) is 7.81. The molecule has 0 atom stereocenters. The molecule has 33 heavy (non-hydrogen) atoms. The van der Waals surface area contributed by atoms with Crippen molar-refractivity contribution in [3.8, 4) is 5.75 Å². The van der Waals surface area contributed by atoms with E-state index in [-0.39, 0.29) is 24.1 Å². The molecule has 0 radical (unpaired) electrons. The Hall–Kier alpha value is -3.39. The van der Waals surface area contributed by atoms with Gasteiger partial charge in [-0.15, -0.1) is 16.8 Å². The second kappa shape index (κ2) is 10.5. The molecule has 1 fully saturated rings. The molecule has 8 heteroatoms. The van der Waals surface area contributed by atoms with Gasteiger partial charge in [-0.2, -0.15) is 0 Å². The Morgan fingerprint density at radius 1 is 1.21 bits per heavy atom. The summed E-state index contributed by atoms with van der Waals surface area (Å²) < 4.78 is 7.77. The van der Waals surface area contributed by atoms with E-state index < -0.39 is 0 Å². The van der Waals surface area contributed by atoms with Gasteiger partial charge in [-0.3, -0.25) is 14.2 Å². The van der Waals surface area contributed by atoms with Crippen LogP contribution in [0, 0.1) is 6.92 Å². The van der Waals surface area contributed by atoms with Crippen LogP contribution in [0.1, 0.15) is 34.6 Å². The predicted octanol–water partition coefficient (Wildman–Crippen LogP) is 4.45. The van der Waals surface area contributed by atoms with Crippen molar-refractivity contribution in [1.82, 2.24) is 14.8 Å². The number of ketones is 1. The van der Waals surface area contributed by atoms with Gasteiger partial charge in [-0.05, 0) is 55.3 Å². The molecule has 1 saturated heterocycles. The Kier molecular flexibility index (Phi) is 7.24. The van der Waals surface area contributed by atoms with Crippen LogP contribution in [0.15, 0.2) is 66.3 Å². The maximum Gasteiger partial charge on any atom is 0.227 e. The lowest BCUT2D eigenvalue weighted by Gasteiger charge is -2.15. The predicted molar refractivity (Wildman–Crippen MR) is 129 cm³/mol. The largest absolute Gasteiger partial charge is 0.486 e. The van der Waals surface area contributed by atoms with E-state index in [0.29, 0.717) is 29.5 Å². The highest BCUT2D eigenvalue weighted by atomic mass is 32.2. The quantitative estimate of drug-likeness (QED) is 0.252. The third kappa shape index (κ3) is 5.51. The Morgan fingerprint density at radius 3 is 2.73 bits per heavy atom. The summed E-state index contributed by atoms with van der Waals surface area (Å²) in [5.74, 6) is 1.80. The lowest BCUT2D eigenvalue weighted by Crippen LogP contribution is -2.23. The lowest BCUT2D eigenvalue weighted by molar-refractivity contribution is -0.117. The number of allylic oxidation sites excluding steroid dienone is 1. The number of carbonyl (C=O) groups excluding carboxylic acids is 2. The molecule has 0 unspecified atom stereocenters. The van der Waals surface area contributed by atoms with Crippen LogP contribution in [-0.4, -0.2) is 38.8 Å². The summed E-state index contributed by atoms with van der Waals surface area (Å²) in [6.45, 7) is 7.36. The number of hydrogen-bond donors (Lipinski definition) is 0. The molecule has 2 aromatic carbocycles. The number of carbonyl (C=O) groups is 2. The molecule has 1 aromatic heterocycles. The van der Waals surface area contributed by atoms with Crippen molar-refractivity contribution in [2.75, 3.05) is 17.2 Å². The standard InChI is InChI=1S/C25H26N4O3S/c1-3-13-29-23(16-32-21-7-4-6-18(2)15-21)26-27-25(29)33-17-22(30)19-9-11-20(12-10-19)28-14-5-8-24(28)31/h3-4,6-7,9-12,15H,1,5,8,13-14,16-17H2,2H3. The highest BCUT2D eigenvalue weighted by Crippen LogP contribution is 2.24. The van der Waals surface area contributed by atoms with Gasteiger partial charge < -0.3 is 9.64 Å². The van der Waals surface area contributed by atoms with Gasteiger partial charge in [0.05, 0.1) is 5.75 Å². The number of rotatable bonds is 10. The number of nitrogens with zero attached hydrogens (tertiary/aromatic N) is 4. The summed E-state index contributed by atoms with van der Waals surface area (Å²) in [4.78, 5) is 26.4. The zero-order valence-electron chi connectivity index (χ0n) is 18.6.